The Labute approximate surface area is 165 Å². The van der Waals surface area contributed by atoms with Crippen LogP contribution in [0.4, 0.5) is 0 Å². The van der Waals surface area contributed by atoms with Gasteiger partial charge in [-0.05, 0) is 36.2 Å². The molecule has 0 saturated carbocycles. The second-order valence-corrected chi connectivity index (χ2v) is 7.01. The standard InChI is InChI=1S/C21H17N3O3S/c1-13-23-20-19(16(12-28-20)15-6-4-3-5-7-15)21(26)24(13)22-11-14-8-9-18(27-2)17(25)10-14/h3-12,25H,1-2H3. The number of aromatic hydroxyl groups is 1. The molecule has 0 unspecified atom stereocenters. The number of methoxy groups -OCH3 is 1. The van der Waals surface area contributed by atoms with Crippen molar-refractivity contribution in [2.45, 2.75) is 6.92 Å². The average Bonchev–Trinajstić information content (AvgIpc) is 3.12. The molecule has 0 saturated heterocycles. The number of ether oxygens (including phenoxy) is 1. The normalized spacial score (nSPS) is 11.4. The smallest absolute Gasteiger partial charge is 0.283 e. The number of aromatic nitrogens is 2. The van der Waals surface area contributed by atoms with E-state index in [2.05, 4.69) is 10.1 Å². The summed E-state index contributed by atoms with van der Waals surface area (Å²) in [6.07, 6.45) is 1.51. The summed E-state index contributed by atoms with van der Waals surface area (Å²) in [5.74, 6) is 0.876. The zero-order chi connectivity index (χ0) is 19.7. The number of hydrogen-bond donors (Lipinski definition) is 1. The van der Waals surface area contributed by atoms with E-state index in [0.717, 1.165) is 11.1 Å². The molecule has 140 valence electrons. The number of rotatable bonds is 4. The summed E-state index contributed by atoms with van der Waals surface area (Å²) in [4.78, 5) is 18.4. The van der Waals surface area contributed by atoms with Gasteiger partial charge in [0.05, 0.1) is 18.7 Å². The molecule has 2 aromatic carbocycles. The third-order valence-corrected chi connectivity index (χ3v) is 5.23. The first-order valence-electron chi connectivity index (χ1n) is 8.56. The van der Waals surface area contributed by atoms with Crippen LogP contribution in [0.2, 0.25) is 0 Å². The molecule has 0 radical (unpaired) electrons. The highest BCUT2D eigenvalue weighted by molar-refractivity contribution is 7.17. The Kier molecular flexibility index (Phi) is 4.67. The molecule has 0 amide bonds. The number of aryl methyl sites for hydroxylation is 1. The van der Waals surface area contributed by atoms with Gasteiger partial charge < -0.3 is 9.84 Å². The van der Waals surface area contributed by atoms with Gasteiger partial charge in [0.1, 0.15) is 10.7 Å². The summed E-state index contributed by atoms with van der Waals surface area (Å²) in [7, 11) is 1.48. The Morgan fingerprint density at radius 3 is 2.71 bits per heavy atom. The molecule has 6 nitrogen and oxygen atoms in total. The molecule has 0 aliphatic rings. The fourth-order valence-corrected chi connectivity index (χ4v) is 3.95. The minimum atomic E-state index is -0.225. The highest BCUT2D eigenvalue weighted by Gasteiger charge is 2.15. The molecule has 2 heterocycles. The minimum Gasteiger partial charge on any atom is -0.504 e. The molecule has 1 N–H and O–H groups in total. The Morgan fingerprint density at radius 1 is 1.21 bits per heavy atom. The first kappa shape index (κ1) is 17.9. The molecular formula is C21H17N3O3S. The minimum absolute atomic E-state index is 0.00768. The Morgan fingerprint density at radius 2 is 2.00 bits per heavy atom. The van der Waals surface area contributed by atoms with Gasteiger partial charge in [0.15, 0.2) is 11.5 Å². The van der Waals surface area contributed by atoms with Crippen LogP contribution in [0, 0.1) is 6.92 Å². The first-order chi connectivity index (χ1) is 13.6. The lowest BCUT2D eigenvalue weighted by molar-refractivity contribution is 0.373. The van der Waals surface area contributed by atoms with Crippen LogP contribution in [0.1, 0.15) is 11.4 Å². The van der Waals surface area contributed by atoms with Crippen LogP contribution in [-0.2, 0) is 0 Å². The van der Waals surface area contributed by atoms with Gasteiger partial charge in [0.25, 0.3) is 5.56 Å². The summed E-state index contributed by atoms with van der Waals surface area (Å²) >= 11 is 1.44. The van der Waals surface area contributed by atoms with Gasteiger partial charge in [-0.2, -0.15) is 9.78 Å². The molecule has 7 heteroatoms. The fraction of sp³-hybridized carbons (Fsp3) is 0.0952. The highest BCUT2D eigenvalue weighted by Crippen LogP contribution is 2.30. The predicted octanol–water partition coefficient (Wildman–Crippen LogP) is 4.03. The molecule has 0 spiro atoms. The van der Waals surface area contributed by atoms with Crippen molar-refractivity contribution in [3.8, 4) is 22.6 Å². The number of fused-ring (bicyclic) bond motifs is 1. The van der Waals surface area contributed by atoms with Gasteiger partial charge in [-0.25, -0.2) is 4.98 Å². The molecule has 28 heavy (non-hydrogen) atoms. The summed E-state index contributed by atoms with van der Waals surface area (Å²) in [6.45, 7) is 1.74. The first-order valence-corrected chi connectivity index (χ1v) is 9.44. The second kappa shape index (κ2) is 7.28. The summed E-state index contributed by atoms with van der Waals surface area (Å²) < 4.78 is 6.32. The van der Waals surface area contributed by atoms with Gasteiger partial charge in [-0.15, -0.1) is 11.3 Å². The number of nitrogens with zero attached hydrogens (tertiary/aromatic N) is 3. The van der Waals surface area contributed by atoms with E-state index in [1.165, 1.54) is 35.4 Å². The van der Waals surface area contributed by atoms with Crippen molar-refractivity contribution in [1.29, 1.82) is 0 Å². The quantitative estimate of drug-likeness (QED) is 0.533. The lowest BCUT2D eigenvalue weighted by Crippen LogP contribution is -2.20. The van der Waals surface area contributed by atoms with E-state index >= 15 is 0 Å². The number of hydrogen-bond acceptors (Lipinski definition) is 6. The SMILES string of the molecule is COc1ccc(C=Nn2c(C)nc3scc(-c4ccccc4)c3c2=O)cc1O. The molecule has 4 aromatic rings. The Balaban J connectivity index is 1.81. The van der Waals surface area contributed by atoms with Crippen LogP contribution in [0.3, 0.4) is 0 Å². The predicted molar refractivity (Wildman–Crippen MR) is 112 cm³/mol. The number of phenols is 1. The summed E-state index contributed by atoms with van der Waals surface area (Å²) in [5, 5.41) is 16.7. The van der Waals surface area contributed by atoms with E-state index in [-0.39, 0.29) is 11.3 Å². The maximum absolute atomic E-state index is 13.1. The molecule has 0 atom stereocenters. The van der Waals surface area contributed by atoms with Crippen LogP contribution >= 0.6 is 11.3 Å². The molecule has 4 rings (SSSR count). The largest absolute Gasteiger partial charge is 0.504 e. The van der Waals surface area contributed by atoms with Gasteiger partial charge >= 0.3 is 0 Å². The molecular weight excluding hydrogens is 374 g/mol. The number of phenolic OH excluding ortho intramolecular Hbond substituents is 1. The van der Waals surface area contributed by atoms with Gasteiger partial charge in [-0.3, -0.25) is 4.79 Å². The lowest BCUT2D eigenvalue weighted by Gasteiger charge is -2.06. The third-order valence-electron chi connectivity index (χ3n) is 4.36. The van der Waals surface area contributed by atoms with Crippen molar-refractivity contribution in [2.24, 2.45) is 5.10 Å². The third kappa shape index (κ3) is 3.16. The van der Waals surface area contributed by atoms with E-state index in [1.54, 1.807) is 19.1 Å². The van der Waals surface area contributed by atoms with E-state index in [9.17, 15) is 9.90 Å². The molecule has 0 bridgehead atoms. The molecule has 2 aromatic heterocycles. The Hall–Kier alpha value is -3.45. The van der Waals surface area contributed by atoms with Crippen LogP contribution in [0.25, 0.3) is 21.3 Å². The zero-order valence-electron chi connectivity index (χ0n) is 15.3. The number of benzene rings is 2. The fourth-order valence-electron chi connectivity index (χ4n) is 2.96. The zero-order valence-corrected chi connectivity index (χ0v) is 16.1. The van der Waals surface area contributed by atoms with E-state index in [4.69, 9.17) is 4.74 Å². The van der Waals surface area contributed by atoms with Crippen LogP contribution in [-0.4, -0.2) is 28.1 Å². The maximum atomic E-state index is 13.1. The molecule has 0 aliphatic carbocycles. The monoisotopic (exact) mass is 391 g/mol. The average molecular weight is 391 g/mol. The van der Waals surface area contributed by atoms with Crippen molar-refractivity contribution in [3.05, 3.63) is 75.7 Å². The molecule has 0 fully saturated rings. The van der Waals surface area contributed by atoms with E-state index < -0.39 is 0 Å². The summed E-state index contributed by atoms with van der Waals surface area (Å²) in [6, 6.07) is 14.7. The number of thiophene rings is 1. The maximum Gasteiger partial charge on any atom is 0.283 e. The van der Waals surface area contributed by atoms with Crippen molar-refractivity contribution in [1.82, 2.24) is 9.66 Å². The van der Waals surface area contributed by atoms with E-state index in [1.807, 2.05) is 35.7 Å². The Bertz CT molecular complexity index is 1240. The highest BCUT2D eigenvalue weighted by atomic mass is 32.1. The topological polar surface area (TPSA) is 76.7 Å². The van der Waals surface area contributed by atoms with Crippen LogP contribution in [0.5, 0.6) is 11.5 Å². The van der Waals surface area contributed by atoms with Gasteiger partial charge in [0.2, 0.25) is 0 Å². The van der Waals surface area contributed by atoms with Gasteiger partial charge in [0, 0.05) is 10.9 Å². The van der Waals surface area contributed by atoms with Crippen molar-refractivity contribution in [2.75, 3.05) is 7.11 Å². The van der Waals surface area contributed by atoms with E-state index in [0.29, 0.717) is 27.4 Å². The van der Waals surface area contributed by atoms with Crippen molar-refractivity contribution >= 4 is 27.8 Å². The van der Waals surface area contributed by atoms with Gasteiger partial charge in [-0.1, -0.05) is 30.3 Å². The lowest BCUT2D eigenvalue weighted by atomic mass is 10.1. The van der Waals surface area contributed by atoms with Crippen LogP contribution in [0.15, 0.2) is 63.8 Å². The van der Waals surface area contributed by atoms with Crippen LogP contribution < -0.4 is 10.3 Å². The van der Waals surface area contributed by atoms with Crippen molar-refractivity contribution in [3.63, 3.8) is 0 Å². The van der Waals surface area contributed by atoms with Crippen molar-refractivity contribution < 1.29 is 9.84 Å². The molecule has 0 aliphatic heterocycles. The second-order valence-electron chi connectivity index (χ2n) is 6.15. The summed E-state index contributed by atoms with van der Waals surface area (Å²) in [5.41, 5.74) is 2.23.